The van der Waals surface area contributed by atoms with Crippen LogP contribution in [0.25, 0.3) is 0 Å². The Morgan fingerprint density at radius 3 is 2.70 bits per heavy atom. The first-order valence-electron chi connectivity index (χ1n) is 6.81. The maximum atomic E-state index is 11.9. The van der Waals surface area contributed by atoms with Crippen LogP contribution in [0.15, 0.2) is 42.1 Å². The Kier molecular flexibility index (Phi) is 6.91. The molecule has 4 heteroatoms. The molecule has 0 fully saturated rings. The molecule has 1 aromatic rings. The summed E-state index contributed by atoms with van der Waals surface area (Å²) in [5.41, 5.74) is 1.15. The molecule has 4 nitrogen and oxygen atoms in total. The minimum absolute atomic E-state index is 0.138. The van der Waals surface area contributed by atoms with Crippen LogP contribution in [-0.4, -0.2) is 24.4 Å². The number of rotatable bonds is 7. The molecule has 0 spiro atoms. The SMILES string of the molecule is CCCCN(C)/C=C(/C#N)C(=O)NCc1ccccc1. The van der Waals surface area contributed by atoms with Gasteiger partial charge in [-0.05, 0) is 12.0 Å². The predicted octanol–water partition coefficient (Wildman–Crippen LogP) is 2.44. The Balaban J connectivity index is 2.55. The zero-order valence-electron chi connectivity index (χ0n) is 12.1. The lowest BCUT2D eigenvalue weighted by molar-refractivity contribution is -0.117. The summed E-state index contributed by atoms with van der Waals surface area (Å²) in [5, 5.41) is 11.8. The number of amides is 1. The highest BCUT2D eigenvalue weighted by molar-refractivity contribution is 5.97. The Bertz CT molecular complexity index is 488. The van der Waals surface area contributed by atoms with E-state index in [0.29, 0.717) is 6.54 Å². The van der Waals surface area contributed by atoms with Crippen LogP contribution >= 0.6 is 0 Å². The molecule has 0 saturated carbocycles. The van der Waals surface area contributed by atoms with Crippen molar-refractivity contribution in [2.24, 2.45) is 0 Å². The molecule has 1 amide bonds. The van der Waals surface area contributed by atoms with Crippen molar-refractivity contribution in [2.75, 3.05) is 13.6 Å². The van der Waals surface area contributed by atoms with Crippen LogP contribution in [0.4, 0.5) is 0 Å². The highest BCUT2D eigenvalue weighted by Gasteiger charge is 2.09. The smallest absolute Gasteiger partial charge is 0.263 e. The Hall–Kier alpha value is -2.28. The summed E-state index contributed by atoms with van der Waals surface area (Å²) < 4.78 is 0. The molecule has 0 bridgehead atoms. The highest BCUT2D eigenvalue weighted by atomic mass is 16.1. The minimum atomic E-state index is -0.334. The lowest BCUT2D eigenvalue weighted by Gasteiger charge is -2.14. The number of carbonyl (C=O) groups is 1. The van der Waals surface area contributed by atoms with Crippen LogP contribution in [0, 0.1) is 11.3 Å². The normalized spacial score (nSPS) is 10.8. The molecule has 20 heavy (non-hydrogen) atoms. The second-order valence-electron chi connectivity index (χ2n) is 4.66. The van der Waals surface area contributed by atoms with E-state index in [2.05, 4.69) is 12.2 Å². The average molecular weight is 271 g/mol. The van der Waals surface area contributed by atoms with E-state index >= 15 is 0 Å². The molecule has 0 heterocycles. The van der Waals surface area contributed by atoms with Gasteiger partial charge in [0.1, 0.15) is 11.6 Å². The highest BCUT2D eigenvalue weighted by Crippen LogP contribution is 2.01. The van der Waals surface area contributed by atoms with Gasteiger partial charge in [-0.3, -0.25) is 4.79 Å². The molecular weight excluding hydrogens is 250 g/mol. The van der Waals surface area contributed by atoms with Gasteiger partial charge in [-0.25, -0.2) is 0 Å². The summed E-state index contributed by atoms with van der Waals surface area (Å²) in [6.45, 7) is 3.38. The molecule has 106 valence electrons. The predicted molar refractivity (Wildman–Crippen MR) is 79.5 cm³/mol. The van der Waals surface area contributed by atoms with Crippen LogP contribution in [-0.2, 0) is 11.3 Å². The van der Waals surface area contributed by atoms with Crippen molar-refractivity contribution in [3.63, 3.8) is 0 Å². The molecule has 0 atom stereocenters. The van der Waals surface area contributed by atoms with Gasteiger partial charge in [0, 0.05) is 26.3 Å². The van der Waals surface area contributed by atoms with Crippen LogP contribution < -0.4 is 5.32 Å². The number of hydrogen-bond donors (Lipinski definition) is 1. The van der Waals surface area contributed by atoms with E-state index in [-0.39, 0.29) is 11.5 Å². The van der Waals surface area contributed by atoms with Crippen molar-refractivity contribution in [1.29, 1.82) is 5.26 Å². The fourth-order valence-corrected chi connectivity index (χ4v) is 1.70. The first-order valence-corrected chi connectivity index (χ1v) is 6.81. The third-order valence-electron chi connectivity index (χ3n) is 2.87. The molecule has 0 aromatic heterocycles. The fraction of sp³-hybridized carbons (Fsp3) is 0.375. The Labute approximate surface area is 120 Å². The molecule has 1 rings (SSSR count). The van der Waals surface area contributed by atoms with E-state index in [1.165, 1.54) is 0 Å². The molecule has 0 radical (unpaired) electrons. The van der Waals surface area contributed by atoms with Gasteiger partial charge in [-0.1, -0.05) is 43.7 Å². The third-order valence-corrected chi connectivity index (χ3v) is 2.87. The Morgan fingerprint density at radius 2 is 2.10 bits per heavy atom. The molecule has 1 aromatic carbocycles. The van der Waals surface area contributed by atoms with Crippen LogP contribution in [0.2, 0.25) is 0 Å². The number of unbranched alkanes of at least 4 members (excludes halogenated alkanes) is 1. The van der Waals surface area contributed by atoms with E-state index in [9.17, 15) is 4.79 Å². The molecule has 1 N–H and O–H groups in total. The maximum absolute atomic E-state index is 11.9. The zero-order chi connectivity index (χ0) is 14.8. The van der Waals surface area contributed by atoms with Gasteiger partial charge < -0.3 is 10.2 Å². The summed E-state index contributed by atoms with van der Waals surface area (Å²) in [6.07, 6.45) is 3.73. The molecule has 0 aliphatic carbocycles. The number of carbonyl (C=O) groups excluding carboxylic acids is 1. The van der Waals surface area contributed by atoms with Gasteiger partial charge in [-0.15, -0.1) is 0 Å². The Morgan fingerprint density at radius 1 is 1.40 bits per heavy atom. The van der Waals surface area contributed by atoms with Gasteiger partial charge in [0.2, 0.25) is 0 Å². The van der Waals surface area contributed by atoms with Crippen molar-refractivity contribution in [3.8, 4) is 6.07 Å². The second kappa shape index (κ2) is 8.76. The number of nitrogens with one attached hydrogen (secondary N) is 1. The van der Waals surface area contributed by atoms with Gasteiger partial charge in [0.15, 0.2) is 0 Å². The molecule has 0 unspecified atom stereocenters. The molecule has 0 aliphatic heterocycles. The average Bonchev–Trinajstić information content (AvgIpc) is 2.49. The van der Waals surface area contributed by atoms with Crippen molar-refractivity contribution >= 4 is 5.91 Å². The summed E-state index contributed by atoms with van der Waals surface area (Å²) >= 11 is 0. The van der Waals surface area contributed by atoms with Gasteiger partial charge in [-0.2, -0.15) is 5.26 Å². The summed E-state index contributed by atoms with van der Waals surface area (Å²) in [4.78, 5) is 13.8. The third kappa shape index (κ3) is 5.57. The first-order chi connectivity index (χ1) is 9.67. The minimum Gasteiger partial charge on any atom is -0.379 e. The zero-order valence-corrected chi connectivity index (χ0v) is 12.1. The van der Waals surface area contributed by atoms with Crippen LogP contribution in [0.3, 0.4) is 0 Å². The van der Waals surface area contributed by atoms with E-state index in [4.69, 9.17) is 5.26 Å². The molecular formula is C16H21N3O. The lowest BCUT2D eigenvalue weighted by atomic mass is 10.2. The van der Waals surface area contributed by atoms with Crippen molar-refractivity contribution in [2.45, 2.75) is 26.3 Å². The quantitative estimate of drug-likeness (QED) is 0.612. The monoisotopic (exact) mass is 271 g/mol. The van der Waals surface area contributed by atoms with E-state index < -0.39 is 0 Å². The number of benzene rings is 1. The second-order valence-corrected chi connectivity index (χ2v) is 4.66. The van der Waals surface area contributed by atoms with E-state index in [1.807, 2.05) is 48.3 Å². The fourth-order valence-electron chi connectivity index (χ4n) is 1.70. The van der Waals surface area contributed by atoms with Crippen LogP contribution in [0.5, 0.6) is 0 Å². The summed E-state index contributed by atoms with van der Waals surface area (Å²) in [5.74, 6) is -0.334. The topological polar surface area (TPSA) is 56.1 Å². The van der Waals surface area contributed by atoms with Crippen molar-refractivity contribution in [3.05, 3.63) is 47.7 Å². The number of nitrogens with zero attached hydrogens (tertiary/aromatic N) is 2. The number of nitriles is 1. The van der Waals surface area contributed by atoms with Crippen molar-refractivity contribution in [1.82, 2.24) is 10.2 Å². The summed E-state index contributed by atoms with van der Waals surface area (Å²) in [6, 6.07) is 11.6. The molecule has 0 saturated heterocycles. The van der Waals surface area contributed by atoms with E-state index in [1.54, 1.807) is 6.20 Å². The summed E-state index contributed by atoms with van der Waals surface area (Å²) in [7, 11) is 1.87. The maximum Gasteiger partial charge on any atom is 0.263 e. The van der Waals surface area contributed by atoms with Gasteiger partial charge in [0.25, 0.3) is 5.91 Å². The molecule has 0 aliphatic rings. The van der Waals surface area contributed by atoms with E-state index in [0.717, 1.165) is 24.9 Å². The van der Waals surface area contributed by atoms with Gasteiger partial charge in [0.05, 0.1) is 0 Å². The standard InChI is InChI=1S/C16H21N3O/c1-3-4-10-19(2)13-15(11-17)16(20)18-12-14-8-6-5-7-9-14/h5-9,13H,3-4,10,12H2,1-2H3,(H,18,20)/b15-13-. The van der Waals surface area contributed by atoms with Crippen molar-refractivity contribution < 1.29 is 4.79 Å². The number of hydrogen-bond acceptors (Lipinski definition) is 3. The lowest BCUT2D eigenvalue weighted by Crippen LogP contribution is -2.25. The first kappa shape index (κ1) is 15.8. The van der Waals surface area contributed by atoms with Crippen LogP contribution in [0.1, 0.15) is 25.3 Å². The van der Waals surface area contributed by atoms with Gasteiger partial charge >= 0.3 is 0 Å². The largest absolute Gasteiger partial charge is 0.379 e.